The van der Waals surface area contributed by atoms with E-state index in [1.54, 1.807) is 18.4 Å². The van der Waals surface area contributed by atoms with E-state index in [4.69, 9.17) is 4.74 Å². The van der Waals surface area contributed by atoms with Crippen molar-refractivity contribution in [2.75, 3.05) is 44.7 Å². The molecule has 0 radical (unpaired) electrons. The Hall–Kier alpha value is -2.64. The number of rotatable bonds is 6. The van der Waals surface area contributed by atoms with Crippen LogP contribution in [0.5, 0.6) is 5.75 Å². The van der Waals surface area contributed by atoms with Gasteiger partial charge in [-0.2, -0.15) is 0 Å². The molecule has 0 spiro atoms. The molecule has 4 rings (SSSR count). The SMILES string of the molecule is COc1ccc(N2CCN(CC(=O)c3cc(C)n(-c4nc(C)cs4)c3C)CC2)cc1. The van der Waals surface area contributed by atoms with Gasteiger partial charge in [-0.25, -0.2) is 4.98 Å². The summed E-state index contributed by atoms with van der Waals surface area (Å²) in [5.74, 6) is 1.05. The summed E-state index contributed by atoms with van der Waals surface area (Å²) in [7, 11) is 1.68. The number of methoxy groups -OCH3 is 1. The zero-order valence-corrected chi connectivity index (χ0v) is 18.8. The summed E-state index contributed by atoms with van der Waals surface area (Å²) in [4.78, 5) is 22.3. The molecule has 1 aliphatic heterocycles. The number of carbonyl (C=O) groups is 1. The van der Waals surface area contributed by atoms with E-state index < -0.39 is 0 Å². The molecule has 7 heteroatoms. The predicted octanol–water partition coefficient (Wildman–Crippen LogP) is 3.87. The number of thiazole rings is 1. The Bertz CT molecular complexity index is 1030. The third kappa shape index (κ3) is 4.13. The lowest BCUT2D eigenvalue weighted by Gasteiger charge is -2.35. The first-order valence-electron chi connectivity index (χ1n) is 10.2. The number of carbonyl (C=O) groups excluding carboxylic acids is 1. The Morgan fingerprint density at radius 1 is 1.10 bits per heavy atom. The monoisotopic (exact) mass is 424 g/mol. The maximum Gasteiger partial charge on any atom is 0.194 e. The number of ketones is 1. The van der Waals surface area contributed by atoms with Gasteiger partial charge >= 0.3 is 0 Å². The number of aryl methyl sites for hydroxylation is 2. The van der Waals surface area contributed by atoms with E-state index in [0.717, 1.165) is 59.7 Å². The van der Waals surface area contributed by atoms with E-state index in [0.29, 0.717) is 6.54 Å². The maximum absolute atomic E-state index is 13.1. The Balaban J connectivity index is 1.39. The molecule has 1 aromatic carbocycles. The van der Waals surface area contributed by atoms with Crippen LogP contribution in [0.4, 0.5) is 5.69 Å². The van der Waals surface area contributed by atoms with Crippen molar-refractivity contribution >= 4 is 22.8 Å². The Labute approximate surface area is 181 Å². The zero-order chi connectivity index (χ0) is 21.3. The third-order valence-corrected chi connectivity index (χ3v) is 6.65. The van der Waals surface area contributed by atoms with Crippen LogP contribution in [-0.4, -0.2) is 60.1 Å². The van der Waals surface area contributed by atoms with Gasteiger partial charge in [-0.1, -0.05) is 0 Å². The van der Waals surface area contributed by atoms with Crippen molar-refractivity contribution in [2.24, 2.45) is 0 Å². The number of ether oxygens (including phenoxy) is 1. The smallest absolute Gasteiger partial charge is 0.194 e. The van der Waals surface area contributed by atoms with Gasteiger partial charge in [0.25, 0.3) is 0 Å². The highest BCUT2D eigenvalue weighted by atomic mass is 32.1. The standard InChI is InChI=1S/C23H28N4O2S/c1-16-15-30-23(24-16)27-17(2)13-21(18(27)3)22(28)14-25-9-11-26(12-10-25)19-5-7-20(29-4)8-6-19/h5-8,13,15H,9-12,14H2,1-4H3. The number of nitrogens with zero attached hydrogens (tertiary/aromatic N) is 4. The van der Waals surface area contributed by atoms with Crippen molar-refractivity contribution in [3.63, 3.8) is 0 Å². The Morgan fingerprint density at radius 3 is 2.40 bits per heavy atom. The fraction of sp³-hybridized carbons (Fsp3) is 0.391. The van der Waals surface area contributed by atoms with Crippen molar-refractivity contribution in [1.82, 2.24) is 14.5 Å². The lowest BCUT2D eigenvalue weighted by Crippen LogP contribution is -2.48. The highest BCUT2D eigenvalue weighted by Gasteiger charge is 2.23. The second-order valence-electron chi connectivity index (χ2n) is 7.78. The molecule has 0 unspecified atom stereocenters. The number of Topliss-reactive ketones (excluding diaryl/α,β-unsaturated/α-hetero) is 1. The van der Waals surface area contributed by atoms with Gasteiger partial charge in [-0.3, -0.25) is 14.3 Å². The molecule has 0 N–H and O–H groups in total. The van der Waals surface area contributed by atoms with Gasteiger partial charge in [0.15, 0.2) is 10.9 Å². The summed E-state index contributed by atoms with van der Waals surface area (Å²) in [6.45, 7) is 10.1. The normalized spacial score (nSPS) is 14.9. The summed E-state index contributed by atoms with van der Waals surface area (Å²) in [6.07, 6.45) is 0. The molecular weight excluding hydrogens is 396 g/mol. The average Bonchev–Trinajstić information content (AvgIpc) is 3.30. The van der Waals surface area contributed by atoms with E-state index in [9.17, 15) is 4.79 Å². The molecule has 0 amide bonds. The van der Waals surface area contributed by atoms with Crippen LogP contribution >= 0.6 is 11.3 Å². The van der Waals surface area contributed by atoms with Gasteiger partial charge in [-0.05, 0) is 51.1 Å². The zero-order valence-electron chi connectivity index (χ0n) is 18.0. The summed E-state index contributed by atoms with van der Waals surface area (Å²) >= 11 is 1.61. The van der Waals surface area contributed by atoms with Crippen molar-refractivity contribution < 1.29 is 9.53 Å². The van der Waals surface area contributed by atoms with Crippen LogP contribution in [0, 0.1) is 20.8 Å². The third-order valence-electron chi connectivity index (χ3n) is 5.71. The first-order valence-corrected chi connectivity index (χ1v) is 11.1. The van der Waals surface area contributed by atoms with Gasteiger partial charge in [0.1, 0.15) is 5.75 Å². The van der Waals surface area contributed by atoms with Gasteiger partial charge in [0, 0.05) is 54.2 Å². The topological polar surface area (TPSA) is 50.6 Å². The van der Waals surface area contributed by atoms with Crippen molar-refractivity contribution in [2.45, 2.75) is 20.8 Å². The average molecular weight is 425 g/mol. The first kappa shape index (κ1) is 20.6. The molecule has 2 aromatic heterocycles. The van der Waals surface area contributed by atoms with Crippen LogP contribution in [-0.2, 0) is 0 Å². The van der Waals surface area contributed by atoms with Crippen LogP contribution in [0.15, 0.2) is 35.7 Å². The number of hydrogen-bond acceptors (Lipinski definition) is 6. The fourth-order valence-electron chi connectivity index (χ4n) is 4.03. The van der Waals surface area contributed by atoms with E-state index in [1.807, 2.05) is 44.4 Å². The lowest BCUT2D eigenvalue weighted by molar-refractivity contribution is 0.0926. The highest BCUT2D eigenvalue weighted by Crippen LogP contribution is 2.24. The van der Waals surface area contributed by atoms with E-state index >= 15 is 0 Å². The number of hydrogen-bond donors (Lipinski definition) is 0. The van der Waals surface area contributed by atoms with Crippen molar-refractivity contribution in [3.8, 4) is 10.9 Å². The molecule has 0 bridgehead atoms. The molecule has 3 heterocycles. The summed E-state index contributed by atoms with van der Waals surface area (Å²) < 4.78 is 7.33. The number of aromatic nitrogens is 2. The molecule has 1 saturated heterocycles. The van der Waals surface area contributed by atoms with Gasteiger partial charge in [0.05, 0.1) is 19.3 Å². The van der Waals surface area contributed by atoms with Crippen LogP contribution in [0.2, 0.25) is 0 Å². The number of benzene rings is 1. The maximum atomic E-state index is 13.1. The predicted molar refractivity (Wildman–Crippen MR) is 122 cm³/mol. The van der Waals surface area contributed by atoms with Gasteiger partial charge in [0.2, 0.25) is 0 Å². The summed E-state index contributed by atoms with van der Waals surface area (Å²) in [6, 6.07) is 10.2. The van der Waals surface area contributed by atoms with Crippen LogP contribution in [0.25, 0.3) is 5.13 Å². The summed E-state index contributed by atoms with van der Waals surface area (Å²) in [5, 5.41) is 2.97. The van der Waals surface area contributed by atoms with E-state index in [1.165, 1.54) is 5.69 Å². The van der Waals surface area contributed by atoms with Crippen molar-refractivity contribution in [1.29, 1.82) is 0 Å². The largest absolute Gasteiger partial charge is 0.497 e. The number of piperazine rings is 1. The van der Waals surface area contributed by atoms with Gasteiger partial charge in [-0.15, -0.1) is 11.3 Å². The second kappa shape index (κ2) is 8.62. The van der Waals surface area contributed by atoms with Crippen molar-refractivity contribution in [3.05, 3.63) is 58.4 Å². The molecule has 6 nitrogen and oxygen atoms in total. The Morgan fingerprint density at radius 2 is 1.80 bits per heavy atom. The molecule has 0 aliphatic carbocycles. The number of anilines is 1. The van der Waals surface area contributed by atoms with E-state index in [-0.39, 0.29) is 5.78 Å². The summed E-state index contributed by atoms with van der Waals surface area (Å²) in [5.41, 5.74) is 5.03. The van der Waals surface area contributed by atoms with Gasteiger partial charge < -0.3 is 9.64 Å². The molecular formula is C23H28N4O2S. The molecule has 3 aromatic rings. The molecule has 0 atom stereocenters. The lowest BCUT2D eigenvalue weighted by atomic mass is 10.1. The molecule has 30 heavy (non-hydrogen) atoms. The first-order chi connectivity index (χ1) is 14.5. The molecule has 158 valence electrons. The van der Waals surface area contributed by atoms with Crippen LogP contribution in [0.1, 0.15) is 27.4 Å². The minimum Gasteiger partial charge on any atom is -0.497 e. The quantitative estimate of drug-likeness (QED) is 0.562. The fourth-order valence-corrected chi connectivity index (χ4v) is 4.94. The second-order valence-corrected chi connectivity index (χ2v) is 8.61. The molecule has 1 fully saturated rings. The molecule has 0 saturated carbocycles. The van der Waals surface area contributed by atoms with Crippen LogP contribution in [0.3, 0.4) is 0 Å². The van der Waals surface area contributed by atoms with Crippen LogP contribution < -0.4 is 9.64 Å². The minimum absolute atomic E-state index is 0.181. The van der Waals surface area contributed by atoms with E-state index in [2.05, 4.69) is 31.5 Å². The minimum atomic E-state index is 0.181. The highest BCUT2D eigenvalue weighted by molar-refractivity contribution is 7.12. The molecule has 1 aliphatic rings. The Kier molecular flexibility index (Phi) is 5.92.